The van der Waals surface area contributed by atoms with Crippen LogP contribution in [0.25, 0.3) is 0 Å². The molecule has 78 heavy (non-hydrogen) atoms. The van der Waals surface area contributed by atoms with E-state index in [1.807, 2.05) is 12.2 Å². The summed E-state index contributed by atoms with van der Waals surface area (Å²) in [6.07, 6.45) is 75.3. The number of phosphoric ester groups is 1. The normalized spacial score (nSPS) is 14.4. The Morgan fingerprint density at radius 1 is 0.372 bits per heavy atom. The summed E-state index contributed by atoms with van der Waals surface area (Å²) in [4.78, 5) is 48.6. The molecule has 0 rings (SSSR count). The molecule has 0 aliphatic carbocycles. The van der Waals surface area contributed by atoms with Crippen molar-refractivity contribution < 1.29 is 52.2 Å². The monoisotopic (exact) mass is 1100 g/mol. The van der Waals surface area contributed by atoms with Crippen molar-refractivity contribution in [1.29, 1.82) is 0 Å². The summed E-state index contributed by atoms with van der Waals surface area (Å²) in [7, 11) is -4.79. The van der Waals surface area contributed by atoms with E-state index in [1.54, 1.807) is 0 Å². The average molecular weight is 1110 g/mol. The second kappa shape index (κ2) is 58.5. The summed E-state index contributed by atoms with van der Waals surface area (Å²) in [6.45, 7) is 4.22. The zero-order valence-electron chi connectivity index (χ0n) is 48.6. The number of carbonyl (C=O) groups is 3. The second-order valence-corrected chi connectivity index (χ2v) is 20.5. The highest BCUT2D eigenvalue weighted by molar-refractivity contribution is 7.47. The molecular weight excluding hydrogens is 1000 g/mol. The van der Waals surface area contributed by atoms with Crippen LogP contribution < -0.4 is 0 Å². The Bertz CT molecular complexity index is 1860. The first kappa shape index (κ1) is 73.4. The number of aliphatic hydroxyl groups is 1. The Kier molecular flexibility index (Phi) is 55.0. The van der Waals surface area contributed by atoms with Gasteiger partial charge >= 0.3 is 25.7 Å². The minimum absolute atomic E-state index is 0.0303. The fourth-order valence-electron chi connectivity index (χ4n) is 7.29. The molecule has 3 unspecified atom stereocenters. The van der Waals surface area contributed by atoms with Crippen molar-refractivity contribution in [1.82, 2.24) is 0 Å². The van der Waals surface area contributed by atoms with Crippen molar-refractivity contribution >= 4 is 25.7 Å². The number of phosphoric acid groups is 1. The van der Waals surface area contributed by atoms with Crippen LogP contribution in [0.4, 0.5) is 0 Å². The molecule has 0 aromatic rings. The van der Waals surface area contributed by atoms with Gasteiger partial charge in [0.25, 0.3) is 0 Å². The molecule has 0 aromatic heterocycles. The number of rotatable bonds is 53. The van der Waals surface area contributed by atoms with Gasteiger partial charge in [0, 0.05) is 19.3 Å². The van der Waals surface area contributed by atoms with E-state index in [2.05, 4.69) is 154 Å². The number of hydrogen-bond acceptors (Lipinski definition) is 10. The van der Waals surface area contributed by atoms with E-state index in [0.717, 1.165) is 148 Å². The van der Waals surface area contributed by atoms with Crippen molar-refractivity contribution in [2.24, 2.45) is 0 Å². The van der Waals surface area contributed by atoms with Crippen molar-refractivity contribution in [3.05, 3.63) is 146 Å². The topological polar surface area (TPSA) is 155 Å². The SMILES string of the molecule is CC/C=C\C/C=C\C/C=C\C/C=C\C/C=C\C/C=C\CCC(=O)OC(COC(=O)CCCCCCC/C=C\C/C=C\CCC)COP(=O)(O)OCC(CO)OC(=O)CCCCCCCC/C=C\C/C=C\C/C=C\C/C=C\CC. The molecule has 11 nitrogen and oxygen atoms in total. The summed E-state index contributed by atoms with van der Waals surface area (Å²) in [5.74, 6) is -1.61. The van der Waals surface area contributed by atoms with Gasteiger partial charge in [-0.05, 0) is 122 Å². The first-order valence-electron chi connectivity index (χ1n) is 29.7. The third kappa shape index (κ3) is 56.1. The third-order valence-electron chi connectivity index (χ3n) is 11.7. The lowest BCUT2D eigenvalue weighted by Gasteiger charge is -2.21. The predicted molar refractivity (Wildman–Crippen MR) is 325 cm³/mol. The number of hydrogen-bond donors (Lipinski definition) is 2. The average Bonchev–Trinajstić information content (AvgIpc) is 3.43. The van der Waals surface area contributed by atoms with Crippen LogP contribution in [0.2, 0.25) is 0 Å². The minimum Gasteiger partial charge on any atom is -0.462 e. The summed E-state index contributed by atoms with van der Waals surface area (Å²) in [5.41, 5.74) is 0. The van der Waals surface area contributed by atoms with Crippen LogP contribution in [-0.2, 0) is 42.2 Å². The largest absolute Gasteiger partial charge is 0.472 e. The smallest absolute Gasteiger partial charge is 0.462 e. The van der Waals surface area contributed by atoms with Gasteiger partial charge in [-0.3, -0.25) is 23.4 Å². The Morgan fingerprint density at radius 2 is 0.692 bits per heavy atom. The zero-order valence-corrected chi connectivity index (χ0v) is 49.5. The van der Waals surface area contributed by atoms with Gasteiger partial charge in [0.2, 0.25) is 0 Å². The second-order valence-electron chi connectivity index (χ2n) is 19.0. The molecule has 0 aromatic carbocycles. The van der Waals surface area contributed by atoms with Crippen LogP contribution in [-0.4, -0.2) is 66.5 Å². The molecule has 0 heterocycles. The summed E-state index contributed by atoms with van der Waals surface area (Å²) >= 11 is 0. The maximum absolute atomic E-state index is 12.9. The number of ether oxygens (including phenoxy) is 3. The van der Waals surface area contributed by atoms with Gasteiger partial charge in [-0.15, -0.1) is 0 Å². The molecule has 0 aliphatic rings. The lowest BCUT2D eigenvalue weighted by Crippen LogP contribution is -2.30. The van der Waals surface area contributed by atoms with Crippen LogP contribution in [0.3, 0.4) is 0 Å². The van der Waals surface area contributed by atoms with Gasteiger partial charge in [0.05, 0.1) is 19.8 Å². The first-order chi connectivity index (χ1) is 38.2. The van der Waals surface area contributed by atoms with E-state index in [1.165, 1.54) is 0 Å². The van der Waals surface area contributed by atoms with E-state index in [4.69, 9.17) is 23.3 Å². The molecule has 3 atom stereocenters. The van der Waals surface area contributed by atoms with E-state index in [-0.39, 0.29) is 25.9 Å². The molecular formula is C66H105O11P. The zero-order chi connectivity index (χ0) is 56.9. The molecule has 0 saturated carbocycles. The van der Waals surface area contributed by atoms with Gasteiger partial charge in [0.15, 0.2) is 6.10 Å². The fraction of sp³-hybridized carbons (Fsp3) is 0.591. The van der Waals surface area contributed by atoms with Crippen LogP contribution in [0.15, 0.2) is 146 Å². The van der Waals surface area contributed by atoms with E-state index >= 15 is 0 Å². The summed E-state index contributed by atoms with van der Waals surface area (Å²) in [6, 6.07) is 0. The van der Waals surface area contributed by atoms with Gasteiger partial charge in [-0.1, -0.05) is 218 Å². The first-order valence-corrected chi connectivity index (χ1v) is 31.2. The highest BCUT2D eigenvalue weighted by atomic mass is 31.2. The van der Waals surface area contributed by atoms with Gasteiger partial charge in [0.1, 0.15) is 12.7 Å². The molecule has 0 fully saturated rings. The van der Waals surface area contributed by atoms with Gasteiger partial charge < -0.3 is 24.2 Å². The number of allylic oxidation sites excluding steroid dienone is 24. The molecule has 0 aliphatic heterocycles. The lowest BCUT2D eigenvalue weighted by atomic mass is 10.1. The van der Waals surface area contributed by atoms with Crippen molar-refractivity contribution in [3.8, 4) is 0 Å². The Labute approximate surface area is 473 Å². The van der Waals surface area contributed by atoms with Crippen molar-refractivity contribution in [2.75, 3.05) is 26.4 Å². The molecule has 0 saturated heterocycles. The van der Waals surface area contributed by atoms with Crippen LogP contribution in [0, 0.1) is 0 Å². The number of unbranched alkanes of at least 4 members (excludes halogenated alkanes) is 12. The Morgan fingerprint density at radius 3 is 1.10 bits per heavy atom. The number of aliphatic hydroxyl groups excluding tert-OH is 1. The number of carbonyl (C=O) groups excluding carboxylic acids is 3. The highest BCUT2D eigenvalue weighted by Crippen LogP contribution is 2.43. The predicted octanol–water partition coefficient (Wildman–Crippen LogP) is 17.9. The Balaban J connectivity index is 4.83. The van der Waals surface area contributed by atoms with Crippen LogP contribution in [0.1, 0.15) is 213 Å². The minimum atomic E-state index is -4.79. The van der Waals surface area contributed by atoms with E-state index in [0.29, 0.717) is 25.7 Å². The maximum atomic E-state index is 12.9. The lowest BCUT2D eigenvalue weighted by molar-refractivity contribution is -0.161. The van der Waals surface area contributed by atoms with Crippen LogP contribution in [0.5, 0.6) is 0 Å². The van der Waals surface area contributed by atoms with E-state index in [9.17, 15) is 28.9 Å². The highest BCUT2D eigenvalue weighted by Gasteiger charge is 2.28. The van der Waals surface area contributed by atoms with Crippen LogP contribution >= 0.6 is 7.82 Å². The molecule has 0 amide bonds. The van der Waals surface area contributed by atoms with Gasteiger partial charge in [-0.25, -0.2) is 4.57 Å². The summed E-state index contributed by atoms with van der Waals surface area (Å²) in [5, 5.41) is 9.83. The number of esters is 3. The Hall–Kier alpha value is -4.64. The van der Waals surface area contributed by atoms with Crippen molar-refractivity contribution in [2.45, 2.75) is 226 Å². The fourth-order valence-corrected chi connectivity index (χ4v) is 8.08. The molecule has 0 spiro atoms. The quantitative estimate of drug-likeness (QED) is 0.0197. The van der Waals surface area contributed by atoms with Crippen molar-refractivity contribution in [3.63, 3.8) is 0 Å². The van der Waals surface area contributed by atoms with Gasteiger partial charge in [-0.2, -0.15) is 0 Å². The molecule has 440 valence electrons. The standard InChI is InChI=1S/C66H105O11P/c1-4-7-10-13-16-19-22-25-27-29-31-33-35-38-41-44-47-50-53-56-65(69)76-62(58-67)60-74-78(71,72)75-61-63(59-73-64(68)55-52-49-46-43-40-37-24-21-18-15-12-9-6-3)77-66(70)57-54-51-48-45-42-39-36-34-32-30-28-26-23-20-17-14-11-8-5-2/h7-8,10-12,15-17,19-21,24-28,31-34,39,42,48,51,62-63,67H,4-6,9,13-14,18,22-23,29-30,35-38,40-41,43-47,49-50,52-61H2,1-3H3,(H,71,72)/b10-7-,11-8-,15-12-,19-16-,20-17-,24-21-,27-25-,28-26-,33-31-,34-32-,42-39-,51-48-. The third-order valence-corrected chi connectivity index (χ3v) is 12.7. The molecule has 0 radical (unpaired) electrons. The maximum Gasteiger partial charge on any atom is 0.472 e. The molecule has 12 heteroatoms. The summed E-state index contributed by atoms with van der Waals surface area (Å²) < 4.78 is 39.4. The molecule has 0 bridgehead atoms. The van der Waals surface area contributed by atoms with E-state index < -0.39 is 57.8 Å². The molecule has 2 N–H and O–H groups in total.